The van der Waals surface area contributed by atoms with Crippen LogP contribution in [-0.4, -0.2) is 13.9 Å². The van der Waals surface area contributed by atoms with Gasteiger partial charge in [0, 0.05) is 0 Å². The molecule has 0 N–H and O–H groups in total. The summed E-state index contributed by atoms with van der Waals surface area (Å²) in [5.74, 6) is 0. The molecule has 1 aliphatic heterocycles. The van der Waals surface area contributed by atoms with E-state index in [1.54, 1.807) is 0 Å². The highest BCUT2D eigenvalue weighted by Crippen LogP contribution is 2.40. The van der Waals surface area contributed by atoms with Crippen molar-refractivity contribution in [2.45, 2.75) is 38.6 Å². The molecule has 0 atom stereocenters. The van der Waals surface area contributed by atoms with Gasteiger partial charge >= 0.3 is 0 Å². The molecule has 0 saturated carbocycles. The predicted octanol–water partition coefficient (Wildman–Crippen LogP) is 4.08. The van der Waals surface area contributed by atoms with E-state index in [-0.39, 0.29) is 5.60 Å². The van der Waals surface area contributed by atoms with Crippen molar-refractivity contribution in [3.63, 3.8) is 0 Å². The Labute approximate surface area is 99.3 Å². The third-order valence-electron chi connectivity index (χ3n) is 3.06. The van der Waals surface area contributed by atoms with Crippen molar-refractivity contribution in [2.24, 2.45) is 0 Å². The van der Waals surface area contributed by atoms with Gasteiger partial charge in [-0.25, -0.2) is 0 Å². The zero-order valence-corrected chi connectivity index (χ0v) is 11.6. The second-order valence-corrected chi connectivity index (χ2v) is 9.71. The molecule has 2 rings (SSSR count). The Morgan fingerprint density at radius 1 is 1.19 bits per heavy atom. The van der Waals surface area contributed by atoms with Crippen molar-refractivity contribution in [2.75, 3.05) is 0 Å². The molecule has 0 unspecified atom stereocenters. The van der Waals surface area contributed by atoms with Gasteiger partial charge in [0.1, 0.15) is 0 Å². The van der Waals surface area contributed by atoms with E-state index in [4.69, 9.17) is 4.43 Å². The van der Waals surface area contributed by atoms with Gasteiger partial charge in [-0.05, 0) is 44.1 Å². The summed E-state index contributed by atoms with van der Waals surface area (Å²) in [7, 11) is -1.46. The van der Waals surface area contributed by atoms with Gasteiger partial charge in [-0.3, -0.25) is 0 Å². The summed E-state index contributed by atoms with van der Waals surface area (Å²) in [6.45, 7) is 8.95. The second-order valence-electron chi connectivity index (χ2n) is 5.63. The van der Waals surface area contributed by atoms with E-state index in [9.17, 15) is 0 Å². The Kier molecular flexibility index (Phi) is 2.80. The van der Waals surface area contributed by atoms with Crippen LogP contribution in [0.1, 0.15) is 19.4 Å². The van der Waals surface area contributed by atoms with E-state index >= 15 is 0 Å². The van der Waals surface area contributed by atoms with Crippen molar-refractivity contribution in [3.8, 4) is 0 Å². The maximum absolute atomic E-state index is 6.19. The maximum atomic E-state index is 6.19. The van der Waals surface area contributed by atoms with Gasteiger partial charge < -0.3 is 4.43 Å². The van der Waals surface area contributed by atoms with E-state index in [1.807, 2.05) is 0 Å². The molecule has 1 aliphatic rings. The molecule has 1 fully saturated rings. The Morgan fingerprint density at radius 3 is 2.31 bits per heavy atom. The standard InChI is InChI=1S/C14H20OSi/c1-14(2)13(11-16(3,4)15-14)10-12-8-6-5-7-9-12/h5-10H,11H2,1-4H3/b13-10-. The Hall–Kier alpha value is -0.863. The molecule has 0 radical (unpaired) electrons. The van der Waals surface area contributed by atoms with E-state index < -0.39 is 8.32 Å². The number of benzene rings is 1. The molecule has 86 valence electrons. The van der Waals surface area contributed by atoms with Crippen LogP contribution in [0.5, 0.6) is 0 Å². The molecule has 1 aromatic rings. The highest BCUT2D eigenvalue weighted by molar-refractivity contribution is 6.72. The summed E-state index contributed by atoms with van der Waals surface area (Å²) >= 11 is 0. The third-order valence-corrected chi connectivity index (χ3v) is 5.36. The third kappa shape index (κ3) is 2.44. The fourth-order valence-electron chi connectivity index (χ4n) is 2.44. The highest BCUT2D eigenvalue weighted by atomic mass is 28.4. The summed E-state index contributed by atoms with van der Waals surface area (Å²) in [5.41, 5.74) is 2.64. The lowest BCUT2D eigenvalue weighted by Gasteiger charge is -2.23. The molecule has 1 aromatic carbocycles. The molecular formula is C14H20OSi. The quantitative estimate of drug-likeness (QED) is 0.663. The largest absolute Gasteiger partial charge is 0.408 e. The highest BCUT2D eigenvalue weighted by Gasteiger charge is 2.42. The summed E-state index contributed by atoms with van der Waals surface area (Å²) in [4.78, 5) is 0. The average Bonchev–Trinajstić information content (AvgIpc) is 2.36. The topological polar surface area (TPSA) is 9.23 Å². The first-order valence-electron chi connectivity index (χ1n) is 5.85. The molecular weight excluding hydrogens is 212 g/mol. The fourth-order valence-corrected chi connectivity index (χ4v) is 5.47. The lowest BCUT2D eigenvalue weighted by Crippen LogP contribution is -2.30. The minimum Gasteiger partial charge on any atom is -0.408 e. The number of hydrogen-bond acceptors (Lipinski definition) is 1. The molecule has 0 spiro atoms. The zero-order chi connectivity index (χ0) is 11.8. The zero-order valence-electron chi connectivity index (χ0n) is 10.6. The Balaban J connectivity index is 2.32. The van der Waals surface area contributed by atoms with Gasteiger partial charge in [0.05, 0.1) is 5.60 Å². The Morgan fingerprint density at radius 2 is 1.81 bits per heavy atom. The van der Waals surface area contributed by atoms with Crippen LogP contribution in [0.15, 0.2) is 35.9 Å². The van der Waals surface area contributed by atoms with Crippen molar-refractivity contribution in [1.29, 1.82) is 0 Å². The predicted molar refractivity (Wildman–Crippen MR) is 71.9 cm³/mol. The fraction of sp³-hybridized carbons (Fsp3) is 0.429. The lowest BCUT2D eigenvalue weighted by atomic mass is 9.97. The first-order chi connectivity index (χ1) is 7.39. The van der Waals surface area contributed by atoms with Crippen molar-refractivity contribution in [3.05, 3.63) is 41.5 Å². The van der Waals surface area contributed by atoms with Gasteiger partial charge in [0.15, 0.2) is 8.32 Å². The van der Waals surface area contributed by atoms with E-state index in [0.29, 0.717) is 0 Å². The first-order valence-corrected chi connectivity index (χ1v) is 8.97. The normalized spacial score (nSPS) is 24.9. The van der Waals surface area contributed by atoms with Crippen molar-refractivity contribution < 1.29 is 4.43 Å². The van der Waals surface area contributed by atoms with Crippen LogP contribution in [0.3, 0.4) is 0 Å². The average molecular weight is 232 g/mol. The van der Waals surface area contributed by atoms with E-state index in [0.717, 1.165) is 6.04 Å². The molecule has 1 saturated heterocycles. The molecule has 16 heavy (non-hydrogen) atoms. The Bertz CT molecular complexity index is 404. The summed E-state index contributed by atoms with van der Waals surface area (Å²) < 4.78 is 6.19. The SMILES string of the molecule is CC1(C)O[Si](C)(C)C/C1=C/c1ccccc1. The van der Waals surface area contributed by atoms with Crippen molar-refractivity contribution >= 4 is 14.4 Å². The molecule has 0 bridgehead atoms. The molecule has 2 heteroatoms. The molecule has 0 aliphatic carbocycles. The minimum absolute atomic E-state index is 0.0778. The lowest BCUT2D eigenvalue weighted by molar-refractivity contribution is 0.165. The number of hydrogen-bond donors (Lipinski definition) is 0. The van der Waals surface area contributed by atoms with Crippen LogP contribution in [0, 0.1) is 0 Å². The van der Waals surface area contributed by atoms with Gasteiger partial charge in [-0.2, -0.15) is 0 Å². The van der Waals surface area contributed by atoms with E-state index in [2.05, 4.69) is 63.3 Å². The molecule has 0 aromatic heterocycles. The summed E-state index contributed by atoms with van der Waals surface area (Å²) in [6.07, 6.45) is 2.29. The minimum atomic E-state index is -1.46. The van der Waals surface area contributed by atoms with Crippen LogP contribution >= 0.6 is 0 Å². The van der Waals surface area contributed by atoms with Crippen molar-refractivity contribution in [1.82, 2.24) is 0 Å². The van der Waals surface area contributed by atoms with Crippen LogP contribution in [0.2, 0.25) is 19.1 Å². The van der Waals surface area contributed by atoms with Crippen LogP contribution in [0.25, 0.3) is 6.08 Å². The van der Waals surface area contributed by atoms with Gasteiger partial charge in [-0.1, -0.05) is 36.4 Å². The number of rotatable bonds is 1. The smallest absolute Gasteiger partial charge is 0.192 e. The second kappa shape index (κ2) is 3.86. The molecule has 1 nitrogen and oxygen atoms in total. The summed E-state index contributed by atoms with van der Waals surface area (Å²) in [6, 6.07) is 11.7. The monoisotopic (exact) mass is 232 g/mol. The van der Waals surface area contributed by atoms with Crippen LogP contribution < -0.4 is 0 Å². The van der Waals surface area contributed by atoms with Gasteiger partial charge in [0.25, 0.3) is 0 Å². The molecule has 0 amide bonds. The van der Waals surface area contributed by atoms with E-state index in [1.165, 1.54) is 11.1 Å². The van der Waals surface area contributed by atoms with Crippen LogP contribution in [0.4, 0.5) is 0 Å². The van der Waals surface area contributed by atoms with Gasteiger partial charge in [-0.15, -0.1) is 0 Å². The summed E-state index contributed by atoms with van der Waals surface area (Å²) in [5, 5.41) is 0. The maximum Gasteiger partial charge on any atom is 0.192 e. The first kappa shape index (κ1) is 11.6. The van der Waals surface area contributed by atoms with Gasteiger partial charge in [0.2, 0.25) is 0 Å². The molecule has 1 heterocycles. The van der Waals surface area contributed by atoms with Crippen LogP contribution in [-0.2, 0) is 4.43 Å².